The molecule has 1 aliphatic rings. The normalized spacial score (nSPS) is 14.5. The molecule has 0 aliphatic carbocycles. The molecular weight excluding hydrogens is 612 g/mol. The van der Waals surface area contributed by atoms with Crippen molar-refractivity contribution < 1.29 is 22.7 Å². The highest BCUT2D eigenvalue weighted by atomic mass is 35.5. The van der Waals surface area contributed by atoms with Crippen LogP contribution in [-0.4, -0.2) is 47.9 Å². The molecule has 43 heavy (non-hydrogen) atoms. The van der Waals surface area contributed by atoms with Crippen molar-refractivity contribution in [3.63, 3.8) is 0 Å². The third-order valence-corrected chi connectivity index (χ3v) is 7.51. The lowest BCUT2D eigenvalue weighted by molar-refractivity contribution is -0.137. The number of fused-ring (bicyclic) bond motifs is 1. The van der Waals surface area contributed by atoms with Gasteiger partial charge >= 0.3 is 12.3 Å². The third-order valence-electron chi connectivity index (χ3n) is 7.00. The minimum absolute atomic E-state index is 0.121. The van der Waals surface area contributed by atoms with Crippen LogP contribution in [0.2, 0.25) is 10.2 Å². The van der Waals surface area contributed by atoms with Crippen molar-refractivity contribution >= 4 is 35.0 Å². The summed E-state index contributed by atoms with van der Waals surface area (Å²) in [6.45, 7) is 0. The number of anilines is 1. The van der Waals surface area contributed by atoms with Crippen LogP contribution in [0.3, 0.4) is 0 Å². The monoisotopic (exact) mass is 630 g/mol. The van der Waals surface area contributed by atoms with E-state index in [-0.39, 0.29) is 33.5 Å². The summed E-state index contributed by atoms with van der Waals surface area (Å²) in [5, 5.41) is 13.8. The Bertz CT molecular complexity index is 1920. The fraction of sp³-hybridized carbons (Fsp3) is 0.185. The van der Waals surface area contributed by atoms with E-state index in [9.17, 15) is 22.8 Å². The number of rotatable bonds is 5. The predicted molar refractivity (Wildman–Crippen MR) is 150 cm³/mol. The van der Waals surface area contributed by atoms with Crippen LogP contribution in [0.1, 0.15) is 29.5 Å². The fourth-order valence-corrected chi connectivity index (χ4v) is 5.57. The van der Waals surface area contributed by atoms with Crippen molar-refractivity contribution in [3.8, 4) is 28.1 Å². The SMILES string of the molecule is COC(=O)Nc1ccc(-c2nc([C@@H]3CCc4cc(-c5cc(Cl)ccc5-n5cnnn5)cc(=O)n43)[nH]c2Cl)c(C(F)(F)F)c1. The molecule has 2 N–H and O–H groups in total. The highest BCUT2D eigenvalue weighted by Crippen LogP contribution is 2.41. The molecule has 0 unspecified atom stereocenters. The summed E-state index contributed by atoms with van der Waals surface area (Å²) in [5.74, 6) is 0.232. The number of carbonyl (C=O) groups excluding carboxylic acids is 1. The highest BCUT2D eigenvalue weighted by molar-refractivity contribution is 6.32. The second-order valence-corrected chi connectivity index (χ2v) is 10.4. The van der Waals surface area contributed by atoms with Crippen molar-refractivity contribution in [2.45, 2.75) is 25.1 Å². The standard InChI is InChI=1S/C27H19Cl2F3N8O3/c1-43-26(42)34-15-3-5-17(19(11-15)27(30,31)32)23-24(29)36-25(35-23)21-7-4-16-8-13(9-22(41)40(16)21)18-10-14(28)2-6-20(18)39-12-33-37-38-39/h2-3,5-6,8-12,21H,4,7H2,1H3,(H,34,42)(H,35,36)/t21-/m0/s1. The first-order chi connectivity index (χ1) is 20.5. The van der Waals surface area contributed by atoms with Gasteiger partial charge in [-0.3, -0.25) is 10.1 Å². The molecule has 0 saturated heterocycles. The van der Waals surface area contributed by atoms with Crippen LogP contribution in [0.25, 0.3) is 28.1 Å². The smallest absolute Gasteiger partial charge is 0.417 e. The molecule has 1 amide bonds. The number of aromatic nitrogens is 7. The van der Waals surface area contributed by atoms with Crippen LogP contribution in [0.4, 0.5) is 23.7 Å². The fourth-order valence-electron chi connectivity index (χ4n) is 5.16. The van der Waals surface area contributed by atoms with Crippen LogP contribution >= 0.6 is 23.2 Å². The number of benzene rings is 2. The summed E-state index contributed by atoms with van der Waals surface area (Å²) in [4.78, 5) is 32.3. The maximum Gasteiger partial charge on any atom is 0.417 e. The van der Waals surface area contributed by atoms with Crippen LogP contribution < -0.4 is 10.9 Å². The zero-order valence-electron chi connectivity index (χ0n) is 22.0. The summed E-state index contributed by atoms with van der Waals surface area (Å²) in [5.41, 5.74) is 0.572. The van der Waals surface area contributed by atoms with E-state index in [2.05, 4.69) is 35.5 Å². The minimum atomic E-state index is -4.79. The van der Waals surface area contributed by atoms with Gasteiger partial charge in [0.15, 0.2) is 0 Å². The topological polar surface area (TPSA) is 133 Å². The number of halogens is 5. The van der Waals surface area contributed by atoms with Gasteiger partial charge in [0, 0.05) is 33.6 Å². The molecule has 220 valence electrons. The molecule has 1 aliphatic heterocycles. The Morgan fingerprint density at radius 2 is 1.93 bits per heavy atom. The van der Waals surface area contributed by atoms with E-state index in [4.69, 9.17) is 23.2 Å². The van der Waals surface area contributed by atoms with Gasteiger partial charge in [0.05, 0.1) is 24.4 Å². The van der Waals surface area contributed by atoms with Crippen LogP contribution in [-0.2, 0) is 17.3 Å². The van der Waals surface area contributed by atoms with Gasteiger partial charge in [-0.1, -0.05) is 29.3 Å². The van der Waals surface area contributed by atoms with Gasteiger partial charge < -0.3 is 14.3 Å². The number of carbonyl (C=O) groups is 1. The van der Waals surface area contributed by atoms with E-state index < -0.39 is 23.9 Å². The number of hydrogen-bond donors (Lipinski definition) is 2. The van der Waals surface area contributed by atoms with Crippen molar-refractivity contribution in [3.05, 3.63) is 92.5 Å². The van der Waals surface area contributed by atoms with E-state index in [1.54, 1.807) is 18.2 Å². The highest BCUT2D eigenvalue weighted by Gasteiger charge is 2.36. The second-order valence-electron chi connectivity index (χ2n) is 9.57. The number of pyridine rings is 1. The first-order valence-corrected chi connectivity index (χ1v) is 13.4. The summed E-state index contributed by atoms with van der Waals surface area (Å²) in [6.07, 6.45) is -3.35. The summed E-state index contributed by atoms with van der Waals surface area (Å²) < 4.78 is 49.6. The molecule has 11 nitrogen and oxygen atoms in total. The number of H-pyrrole nitrogens is 1. The molecular formula is C27H19Cl2F3N8O3. The first kappa shape index (κ1) is 28.4. The Balaban J connectivity index is 1.38. The average Bonchev–Trinajstić information content (AvgIpc) is 3.73. The molecule has 16 heteroatoms. The van der Waals surface area contributed by atoms with Crippen molar-refractivity contribution in [1.29, 1.82) is 0 Å². The summed E-state index contributed by atoms with van der Waals surface area (Å²) in [6, 6.07) is 11.0. The Morgan fingerprint density at radius 1 is 1.12 bits per heavy atom. The molecule has 5 aromatic rings. The number of alkyl halides is 3. The third kappa shape index (κ3) is 5.34. The number of imidazole rings is 1. The van der Waals surface area contributed by atoms with Crippen molar-refractivity contribution in [2.75, 3.05) is 12.4 Å². The average molecular weight is 631 g/mol. The lowest BCUT2D eigenvalue weighted by Crippen LogP contribution is -2.24. The number of amides is 1. The van der Waals surface area contributed by atoms with Crippen LogP contribution in [0.15, 0.2) is 59.7 Å². The minimum Gasteiger partial charge on any atom is -0.453 e. The molecule has 2 aromatic carbocycles. The molecule has 6 rings (SSSR count). The van der Waals surface area contributed by atoms with Crippen molar-refractivity contribution in [1.82, 2.24) is 34.7 Å². The molecule has 0 bridgehead atoms. The number of aromatic amines is 1. The van der Waals surface area contributed by atoms with Gasteiger partial charge in [0.2, 0.25) is 0 Å². The Hall–Kier alpha value is -4.69. The van der Waals surface area contributed by atoms with Gasteiger partial charge in [-0.15, -0.1) is 5.10 Å². The number of tetrazole rings is 1. The molecule has 1 atom stereocenters. The number of hydrogen-bond acceptors (Lipinski definition) is 7. The van der Waals surface area contributed by atoms with E-state index >= 15 is 0 Å². The molecule has 3 aromatic heterocycles. The van der Waals surface area contributed by atoms with Gasteiger partial charge in [-0.25, -0.2) is 9.78 Å². The second kappa shape index (κ2) is 10.9. The quantitative estimate of drug-likeness (QED) is 0.246. The van der Waals surface area contributed by atoms with Crippen LogP contribution in [0, 0.1) is 0 Å². The van der Waals surface area contributed by atoms with E-state index in [0.717, 1.165) is 19.2 Å². The van der Waals surface area contributed by atoms with Crippen molar-refractivity contribution in [2.24, 2.45) is 0 Å². The Morgan fingerprint density at radius 3 is 2.65 bits per heavy atom. The zero-order chi connectivity index (χ0) is 30.5. The molecule has 0 saturated carbocycles. The maximum absolute atomic E-state index is 14.1. The van der Waals surface area contributed by atoms with Gasteiger partial charge in [-0.2, -0.15) is 17.9 Å². The summed E-state index contributed by atoms with van der Waals surface area (Å²) in [7, 11) is 1.10. The summed E-state index contributed by atoms with van der Waals surface area (Å²) >= 11 is 12.7. The number of nitrogens with zero attached hydrogens (tertiary/aromatic N) is 6. The Kier molecular flexibility index (Phi) is 7.18. The molecule has 0 spiro atoms. The van der Waals surface area contributed by atoms with Gasteiger partial charge in [-0.05, 0) is 65.2 Å². The molecule has 0 fully saturated rings. The number of ether oxygens (including phenoxy) is 1. The van der Waals surface area contributed by atoms with E-state index in [0.29, 0.717) is 40.4 Å². The Labute approximate surface area is 250 Å². The maximum atomic E-state index is 14.1. The number of methoxy groups -OCH3 is 1. The van der Waals surface area contributed by atoms with E-state index in [1.807, 2.05) is 6.07 Å². The number of aryl methyl sites for hydroxylation is 1. The molecule has 0 radical (unpaired) electrons. The predicted octanol–water partition coefficient (Wildman–Crippen LogP) is 5.92. The van der Waals surface area contributed by atoms with E-state index in [1.165, 1.54) is 27.7 Å². The number of nitrogens with one attached hydrogen (secondary N) is 2. The first-order valence-electron chi connectivity index (χ1n) is 12.6. The molecule has 4 heterocycles. The van der Waals surface area contributed by atoms with Gasteiger partial charge in [0.25, 0.3) is 5.56 Å². The largest absolute Gasteiger partial charge is 0.453 e. The lowest BCUT2D eigenvalue weighted by Gasteiger charge is -2.15. The zero-order valence-corrected chi connectivity index (χ0v) is 23.5. The van der Waals surface area contributed by atoms with Crippen LogP contribution in [0.5, 0.6) is 0 Å². The lowest BCUT2D eigenvalue weighted by atomic mass is 10.0. The van der Waals surface area contributed by atoms with Gasteiger partial charge in [0.1, 0.15) is 23.0 Å².